The Bertz CT molecular complexity index is 476. The van der Waals surface area contributed by atoms with Crippen LogP contribution in [0.5, 0.6) is 5.88 Å². The highest BCUT2D eigenvalue weighted by Gasteiger charge is 2.11. The molecule has 0 aromatic carbocycles. The third-order valence-corrected chi connectivity index (χ3v) is 3.47. The summed E-state index contributed by atoms with van der Waals surface area (Å²) in [7, 11) is 0. The smallest absolute Gasteiger partial charge is 0.232 e. The van der Waals surface area contributed by atoms with E-state index in [2.05, 4.69) is 23.8 Å². The van der Waals surface area contributed by atoms with E-state index in [1.807, 2.05) is 6.07 Å². The second-order valence-electron chi connectivity index (χ2n) is 3.61. The zero-order valence-electron chi connectivity index (χ0n) is 8.40. The van der Waals surface area contributed by atoms with Crippen molar-refractivity contribution in [2.75, 3.05) is 0 Å². The van der Waals surface area contributed by atoms with Gasteiger partial charge in [-0.25, -0.2) is 4.98 Å². The Morgan fingerprint density at radius 1 is 1.36 bits per heavy atom. The van der Waals surface area contributed by atoms with Crippen LogP contribution in [-0.2, 0) is 0 Å². The molecular formula is C10H12N2OS. The quantitative estimate of drug-likeness (QED) is 0.783. The number of nitrogens with zero attached hydrogens (tertiary/aromatic N) is 2. The van der Waals surface area contributed by atoms with E-state index >= 15 is 0 Å². The molecule has 0 aliphatic heterocycles. The number of aryl methyl sites for hydroxylation is 1. The maximum absolute atomic E-state index is 9.61. The second kappa shape index (κ2) is 3.20. The molecule has 2 heterocycles. The van der Waals surface area contributed by atoms with Gasteiger partial charge >= 0.3 is 0 Å². The second-order valence-corrected chi connectivity index (χ2v) is 4.70. The highest BCUT2D eigenvalue weighted by atomic mass is 32.1. The summed E-state index contributed by atoms with van der Waals surface area (Å²) in [5.74, 6) is 1.18. The van der Waals surface area contributed by atoms with Crippen LogP contribution in [0.3, 0.4) is 0 Å². The zero-order valence-corrected chi connectivity index (χ0v) is 9.22. The van der Waals surface area contributed by atoms with Crippen molar-refractivity contribution in [3.8, 4) is 5.88 Å². The fourth-order valence-corrected chi connectivity index (χ4v) is 2.32. The maximum Gasteiger partial charge on any atom is 0.232 e. The molecule has 0 amide bonds. The summed E-state index contributed by atoms with van der Waals surface area (Å²) in [6.07, 6.45) is 0. The van der Waals surface area contributed by atoms with Crippen molar-refractivity contribution in [3.63, 3.8) is 0 Å². The minimum absolute atomic E-state index is 0.101. The first-order valence-corrected chi connectivity index (χ1v) is 5.36. The van der Waals surface area contributed by atoms with E-state index in [-0.39, 0.29) is 5.88 Å². The van der Waals surface area contributed by atoms with E-state index in [1.54, 1.807) is 18.3 Å². The molecule has 1 N–H and O–H groups in total. The highest BCUT2D eigenvalue weighted by molar-refractivity contribution is 7.19. The third kappa shape index (κ3) is 1.46. The van der Waals surface area contributed by atoms with Crippen molar-refractivity contribution in [2.45, 2.75) is 26.7 Å². The molecule has 14 heavy (non-hydrogen) atoms. The molecule has 0 aliphatic rings. The first kappa shape index (κ1) is 9.40. The highest BCUT2D eigenvalue weighted by Crippen LogP contribution is 2.33. The van der Waals surface area contributed by atoms with Crippen LogP contribution >= 0.6 is 11.3 Å². The van der Waals surface area contributed by atoms with Crippen molar-refractivity contribution in [3.05, 3.63) is 16.8 Å². The number of aromatic nitrogens is 2. The summed E-state index contributed by atoms with van der Waals surface area (Å²) in [6.45, 7) is 6.04. The van der Waals surface area contributed by atoms with Gasteiger partial charge in [-0.15, -0.1) is 11.3 Å². The maximum atomic E-state index is 9.61. The Balaban J connectivity index is 2.70. The molecule has 0 bridgehead atoms. The molecule has 0 saturated heterocycles. The monoisotopic (exact) mass is 208 g/mol. The van der Waals surface area contributed by atoms with Gasteiger partial charge in [0.2, 0.25) is 5.88 Å². The minimum atomic E-state index is 0.101. The number of thiophene rings is 1. The van der Waals surface area contributed by atoms with Gasteiger partial charge in [-0.2, -0.15) is 4.98 Å². The molecule has 2 aromatic heterocycles. The summed E-state index contributed by atoms with van der Waals surface area (Å²) < 4.78 is 0.791. The van der Waals surface area contributed by atoms with Gasteiger partial charge in [-0.05, 0) is 18.9 Å². The van der Waals surface area contributed by atoms with Crippen molar-refractivity contribution in [1.82, 2.24) is 9.97 Å². The van der Waals surface area contributed by atoms with Crippen LogP contribution in [0.2, 0.25) is 0 Å². The van der Waals surface area contributed by atoms with Crippen molar-refractivity contribution >= 4 is 21.6 Å². The Labute approximate surface area is 86.4 Å². The third-order valence-electron chi connectivity index (χ3n) is 2.05. The van der Waals surface area contributed by atoms with Gasteiger partial charge in [0, 0.05) is 4.88 Å². The Kier molecular flexibility index (Phi) is 2.15. The average molecular weight is 208 g/mol. The van der Waals surface area contributed by atoms with E-state index in [0.29, 0.717) is 11.7 Å². The summed E-state index contributed by atoms with van der Waals surface area (Å²) in [6, 6.07) is 2.03. The summed E-state index contributed by atoms with van der Waals surface area (Å²) in [4.78, 5) is 9.44. The molecule has 0 saturated carbocycles. The topological polar surface area (TPSA) is 46.0 Å². The molecule has 74 valence electrons. The van der Waals surface area contributed by atoms with Gasteiger partial charge in [0.15, 0.2) is 0 Å². The molecule has 0 unspecified atom stereocenters. The fourth-order valence-electron chi connectivity index (χ4n) is 1.33. The molecule has 0 spiro atoms. The lowest BCUT2D eigenvalue weighted by Gasteiger charge is -1.96. The van der Waals surface area contributed by atoms with Gasteiger partial charge in [0.25, 0.3) is 0 Å². The first-order chi connectivity index (χ1) is 6.58. The van der Waals surface area contributed by atoms with Gasteiger partial charge in [0.05, 0.1) is 5.52 Å². The number of aromatic hydroxyl groups is 1. The van der Waals surface area contributed by atoms with Crippen molar-refractivity contribution in [2.24, 2.45) is 0 Å². The Morgan fingerprint density at radius 3 is 2.71 bits per heavy atom. The van der Waals surface area contributed by atoms with Crippen LogP contribution in [-0.4, -0.2) is 15.1 Å². The Morgan fingerprint density at radius 2 is 2.07 bits per heavy atom. The van der Waals surface area contributed by atoms with E-state index in [0.717, 1.165) is 10.2 Å². The van der Waals surface area contributed by atoms with Gasteiger partial charge < -0.3 is 5.11 Å². The van der Waals surface area contributed by atoms with Crippen molar-refractivity contribution < 1.29 is 5.11 Å². The van der Waals surface area contributed by atoms with E-state index in [9.17, 15) is 5.11 Å². The molecule has 0 atom stereocenters. The molecule has 3 nitrogen and oxygen atoms in total. The van der Waals surface area contributed by atoms with Crippen LogP contribution < -0.4 is 0 Å². The van der Waals surface area contributed by atoms with E-state index in [4.69, 9.17) is 0 Å². The van der Waals surface area contributed by atoms with Gasteiger partial charge in [-0.3, -0.25) is 0 Å². The van der Waals surface area contributed by atoms with Crippen LogP contribution in [0.4, 0.5) is 0 Å². The predicted molar refractivity (Wildman–Crippen MR) is 57.9 cm³/mol. The Hall–Kier alpha value is -1.16. The van der Waals surface area contributed by atoms with Crippen LogP contribution in [0.25, 0.3) is 10.2 Å². The molecule has 0 fully saturated rings. The normalized spacial score (nSPS) is 11.4. The predicted octanol–water partition coefficient (Wildman–Crippen LogP) is 2.83. The largest absolute Gasteiger partial charge is 0.492 e. The van der Waals surface area contributed by atoms with E-state index in [1.165, 1.54) is 4.88 Å². The lowest BCUT2D eigenvalue weighted by atomic mass is 10.2. The van der Waals surface area contributed by atoms with Crippen LogP contribution in [0.15, 0.2) is 6.07 Å². The molecule has 2 rings (SSSR count). The van der Waals surface area contributed by atoms with E-state index < -0.39 is 0 Å². The SMILES string of the molecule is Cc1nc(O)c2sc(C(C)C)cc2n1. The number of fused-ring (bicyclic) bond motifs is 1. The average Bonchev–Trinajstić information content (AvgIpc) is 2.47. The summed E-state index contributed by atoms with van der Waals surface area (Å²) in [5.41, 5.74) is 0.851. The first-order valence-electron chi connectivity index (χ1n) is 4.55. The lowest BCUT2D eigenvalue weighted by Crippen LogP contribution is -1.85. The molecule has 2 aromatic rings. The fraction of sp³-hybridized carbons (Fsp3) is 0.400. The van der Waals surface area contributed by atoms with Crippen LogP contribution in [0, 0.1) is 6.92 Å². The molecule has 0 aliphatic carbocycles. The summed E-state index contributed by atoms with van der Waals surface area (Å²) >= 11 is 1.57. The van der Waals surface area contributed by atoms with Crippen molar-refractivity contribution in [1.29, 1.82) is 0 Å². The minimum Gasteiger partial charge on any atom is -0.492 e. The molecule has 0 radical (unpaired) electrons. The molecule has 4 heteroatoms. The van der Waals surface area contributed by atoms with Gasteiger partial charge in [0.1, 0.15) is 10.5 Å². The van der Waals surface area contributed by atoms with Gasteiger partial charge in [-0.1, -0.05) is 13.8 Å². The number of hydrogen-bond donors (Lipinski definition) is 1. The molecular weight excluding hydrogens is 196 g/mol. The standard InChI is InChI=1S/C10H12N2OS/c1-5(2)8-4-7-9(14-8)10(13)12-6(3)11-7/h4-5H,1-3H3,(H,11,12,13). The lowest BCUT2D eigenvalue weighted by molar-refractivity contribution is 0.458. The van der Waals surface area contributed by atoms with Crippen LogP contribution in [0.1, 0.15) is 30.5 Å². The zero-order chi connectivity index (χ0) is 10.3. The number of rotatable bonds is 1. The summed E-state index contributed by atoms with van der Waals surface area (Å²) in [5, 5.41) is 9.61. The number of hydrogen-bond acceptors (Lipinski definition) is 4.